The molecule has 1 fully saturated rings. The van der Waals surface area contributed by atoms with E-state index >= 15 is 0 Å². The first-order valence-corrected chi connectivity index (χ1v) is 8.23. The molecular weight excluding hydrogens is 274 g/mol. The second-order valence-corrected chi connectivity index (χ2v) is 6.27. The SMILES string of the molecule is CCC1CN(C(C)=O)CCC1NCc1cccc2[nH]ccc12. The van der Waals surface area contributed by atoms with Gasteiger partial charge in [-0.2, -0.15) is 0 Å². The molecule has 1 amide bonds. The van der Waals surface area contributed by atoms with Gasteiger partial charge in [0.25, 0.3) is 0 Å². The molecule has 3 rings (SSSR count). The van der Waals surface area contributed by atoms with Crippen LogP contribution < -0.4 is 5.32 Å². The Hall–Kier alpha value is -1.81. The van der Waals surface area contributed by atoms with Gasteiger partial charge in [-0.1, -0.05) is 25.5 Å². The van der Waals surface area contributed by atoms with Gasteiger partial charge in [0.15, 0.2) is 0 Å². The Morgan fingerprint density at radius 3 is 3.05 bits per heavy atom. The number of H-pyrrole nitrogens is 1. The topological polar surface area (TPSA) is 48.1 Å². The summed E-state index contributed by atoms with van der Waals surface area (Å²) in [5, 5.41) is 5.02. The number of benzene rings is 1. The van der Waals surface area contributed by atoms with Gasteiger partial charge in [0.2, 0.25) is 5.91 Å². The summed E-state index contributed by atoms with van der Waals surface area (Å²) < 4.78 is 0. The fraction of sp³-hybridized carbons (Fsp3) is 0.500. The van der Waals surface area contributed by atoms with Crippen molar-refractivity contribution < 1.29 is 4.79 Å². The molecule has 2 N–H and O–H groups in total. The number of amides is 1. The zero-order chi connectivity index (χ0) is 15.5. The molecule has 2 aromatic rings. The lowest BCUT2D eigenvalue weighted by molar-refractivity contribution is -0.131. The molecule has 2 unspecified atom stereocenters. The molecule has 0 radical (unpaired) electrons. The van der Waals surface area contributed by atoms with Crippen molar-refractivity contribution in [3.63, 3.8) is 0 Å². The Morgan fingerprint density at radius 1 is 1.41 bits per heavy atom. The molecule has 2 atom stereocenters. The Kier molecular flexibility index (Phi) is 4.48. The highest BCUT2D eigenvalue weighted by atomic mass is 16.2. The normalized spacial score (nSPS) is 22.2. The molecule has 118 valence electrons. The van der Waals surface area contributed by atoms with Crippen LogP contribution in [0.3, 0.4) is 0 Å². The number of rotatable bonds is 4. The predicted molar refractivity (Wildman–Crippen MR) is 89.6 cm³/mol. The molecule has 0 bridgehead atoms. The summed E-state index contributed by atoms with van der Waals surface area (Å²) in [5.74, 6) is 0.747. The fourth-order valence-corrected chi connectivity index (χ4v) is 3.55. The van der Waals surface area contributed by atoms with Gasteiger partial charge in [-0.3, -0.25) is 4.79 Å². The van der Waals surface area contributed by atoms with E-state index in [1.165, 1.54) is 16.5 Å². The lowest BCUT2D eigenvalue weighted by Gasteiger charge is -2.38. The van der Waals surface area contributed by atoms with Crippen molar-refractivity contribution in [2.45, 2.75) is 39.3 Å². The number of aromatic amines is 1. The second-order valence-electron chi connectivity index (χ2n) is 6.27. The monoisotopic (exact) mass is 299 g/mol. The summed E-state index contributed by atoms with van der Waals surface area (Å²) in [7, 11) is 0. The van der Waals surface area contributed by atoms with Gasteiger partial charge in [-0.25, -0.2) is 0 Å². The van der Waals surface area contributed by atoms with Gasteiger partial charge in [0.1, 0.15) is 0 Å². The highest BCUT2D eigenvalue weighted by Gasteiger charge is 2.28. The Labute approximate surface area is 131 Å². The molecule has 2 heterocycles. The first-order valence-electron chi connectivity index (χ1n) is 8.23. The number of carbonyl (C=O) groups excluding carboxylic acids is 1. The lowest BCUT2D eigenvalue weighted by Crippen LogP contribution is -2.50. The number of hydrogen-bond acceptors (Lipinski definition) is 2. The number of aromatic nitrogens is 1. The molecular formula is C18H25N3O. The zero-order valence-electron chi connectivity index (χ0n) is 13.4. The molecule has 4 heteroatoms. The molecule has 1 aliphatic heterocycles. The largest absolute Gasteiger partial charge is 0.361 e. The highest BCUT2D eigenvalue weighted by molar-refractivity contribution is 5.82. The fourth-order valence-electron chi connectivity index (χ4n) is 3.55. The van der Waals surface area contributed by atoms with Gasteiger partial charge in [0, 0.05) is 49.7 Å². The average Bonchev–Trinajstić information content (AvgIpc) is 3.01. The van der Waals surface area contributed by atoms with Crippen LogP contribution in [0.15, 0.2) is 30.5 Å². The zero-order valence-corrected chi connectivity index (χ0v) is 13.4. The van der Waals surface area contributed by atoms with Gasteiger partial charge in [-0.15, -0.1) is 0 Å². The van der Waals surface area contributed by atoms with Crippen LogP contribution in [0.1, 0.15) is 32.3 Å². The molecule has 22 heavy (non-hydrogen) atoms. The van der Waals surface area contributed by atoms with Crippen molar-refractivity contribution in [2.75, 3.05) is 13.1 Å². The third-order valence-corrected chi connectivity index (χ3v) is 4.94. The third kappa shape index (κ3) is 3.02. The van der Waals surface area contributed by atoms with Crippen LogP contribution in [0.2, 0.25) is 0 Å². The smallest absolute Gasteiger partial charge is 0.219 e. The molecule has 0 aliphatic carbocycles. The maximum absolute atomic E-state index is 11.6. The summed E-state index contributed by atoms with van der Waals surface area (Å²) in [6.45, 7) is 6.54. The Bertz CT molecular complexity index is 649. The molecule has 0 saturated carbocycles. The molecule has 0 spiro atoms. The molecule has 1 saturated heterocycles. The standard InChI is InChI=1S/C18H25N3O/c1-3-14-12-21(13(2)22)10-8-17(14)20-11-15-5-4-6-18-16(15)7-9-19-18/h4-7,9,14,17,19-20H,3,8,10-12H2,1-2H3. The molecule has 1 aromatic carbocycles. The van der Waals surface area contributed by atoms with Crippen LogP contribution in [0, 0.1) is 5.92 Å². The van der Waals surface area contributed by atoms with E-state index in [0.717, 1.165) is 32.5 Å². The van der Waals surface area contributed by atoms with E-state index < -0.39 is 0 Å². The average molecular weight is 299 g/mol. The van der Waals surface area contributed by atoms with E-state index in [-0.39, 0.29) is 5.91 Å². The number of nitrogens with zero attached hydrogens (tertiary/aromatic N) is 1. The minimum absolute atomic E-state index is 0.203. The van der Waals surface area contributed by atoms with Crippen molar-refractivity contribution in [1.82, 2.24) is 15.2 Å². The first-order chi connectivity index (χ1) is 10.7. The van der Waals surface area contributed by atoms with Gasteiger partial charge in [-0.05, 0) is 30.0 Å². The van der Waals surface area contributed by atoms with Gasteiger partial charge < -0.3 is 15.2 Å². The van der Waals surface area contributed by atoms with Gasteiger partial charge in [0.05, 0.1) is 0 Å². The minimum atomic E-state index is 0.203. The van der Waals surface area contributed by atoms with E-state index in [4.69, 9.17) is 0 Å². The number of hydrogen-bond donors (Lipinski definition) is 2. The molecule has 1 aliphatic rings. The molecule has 1 aromatic heterocycles. The summed E-state index contributed by atoms with van der Waals surface area (Å²) in [4.78, 5) is 16.8. The van der Waals surface area contributed by atoms with E-state index in [1.807, 2.05) is 11.1 Å². The Morgan fingerprint density at radius 2 is 2.27 bits per heavy atom. The van der Waals surface area contributed by atoms with Crippen LogP contribution in [0.25, 0.3) is 10.9 Å². The quantitative estimate of drug-likeness (QED) is 0.912. The number of piperidine rings is 1. The highest BCUT2D eigenvalue weighted by Crippen LogP contribution is 2.22. The van der Waals surface area contributed by atoms with E-state index in [2.05, 4.69) is 41.5 Å². The van der Waals surface area contributed by atoms with Crippen LogP contribution in [0.5, 0.6) is 0 Å². The number of nitrogens with one attached hydrogen (secondary N) is 2. The van der Waals surface area contributed by atoms with Crippen molar-refractivity contribution in [3.8, 4) is 0 Å². The van der Waals surface area contributed by atoms with Crippen LogP contribution in [-0.4, -0.2) is 34.9 Å². The van der Waals surface area contributed by atoms with Gasteiger partial charge >= 0.3 is 0 Å². The minimum Gasteiger partial charge on any atom is -0.361 e. The first kappa shape index (κ1) is 15.1. The van der Waals surface area contributed by atoms with Crippen molar-refractivity contribution >= 4 is 16.8 Å². The van der Waals surface area contributed by atoms with Crippen LogP contribution in [0.4, 0.5) is 0 Å². The van der Waals surface area contributed by atoms with E-state index in [1.54, 1.807) is 6.92 Å². The maximum Gasteiger partial charge on any atom is 0.219 e. The lowest BCUT2D eigenvalue weighted by atomic mass is 9.89. The summed E-state index contributed by atoms with van der Waals surface area (Å²) in [6.07, 6.45) is 4.14. The van der Waals surface area contributed by atoms with E-state index in [9.17, 15) is 4.79 Å². The third-order valence-electron chi connectivity index (χ3n) is 4.94. The van der Waals surface area contributed by atoms with Crippen LogP contribution >= 0.6 is 0 Å². The summed E-state index contributed by atoms with van der Waals surface area (Å²) in [5.41, 5.74) is 2.53. The molecule has 4 nitrogen and oxygen atoms in total. The predicted octanol–water partition coefficient (Wildman–Crippen LogP) is 2.90. The number of carbonyl (C=O) groups is 1. The van der Waals surface area contributed by atoms with E-state index in [0.29, 0.717) is 12.0 Å². The number of fused-ring (bicyclic) bond motifs is 1. The maximum atomic E-state index is 11.6. The number of likely N-dealkylation sites (tertiary alicyclic amines) is 1. The second kappa shape index (κ2) is 6.53. The van der Waals surface area contributed by atoms with Crippen LogP contribution in [-0.2, 0) is 11.3 Å². The van der Waals surface area contributed by atoms with Crippen molar-refractivity contribution in [1.29, 1.82) is 0 Å². The van der Waals surface area contributed by atoms with Crippen molar-refractivity contribution in [2.24, 2.45) is 5.92 Å². The summed E-state index contributed by atoms with van der Waals surface area (Å²) in [6, 6.07) is 9.04. The Balaban J connectivity index is 1.66. The summed E-state index contributed by atoms with van der Waals surface area (Å²) >= 11 is 0. The van der Waals surface area contributed by atoms with Crippen molar-refractivity contribution in [3.05, 3.63) is 36.0 Å².